The summed E-state index contributed by atoms with van der Waals surface area (Å²) < 4.78 is 10.7. The van der Waals surface area contributed by atoms with Crippen LogP contribution in [-0.2, 0) is 4.79 Å². The minimum Gasteiger partial charge on any atom is -0.454 e. The van der Waals surface area contributed by atoms with E-state index in [4.69, 9.17) is 14.9 Å². The van der Waals surface area contributed by atoms with Crippen molar-refractivity contribution < 1.29 is 14.3 Å². The van der Waals surface area contributed by atoms with Gasteiger partial charge in [0, 0.05) is 5.56 Å². The first-order valence-electron chi connectivity index (χ1n) is 8.55. The highest BCUT2D eigenvalue weighted by Crippen LogP contribution is 2.34. The van der Waals surface area contributed by atoms with E-state index in [0.29, 0.717) is 21.7 Å². The highest BCUT2D eigenvalue weighted by Gasteiger charge is 2.36. The average Bonchev–Trinajstić information content (AvgIpc) is 3.31. The fraction of sp³-hybridized carbons (Fsp3) is 0.100. The second-order valence-electron chi connectivity index (χ2n) is 6.41. The number of thioether (sulfide) groups is 1. The zero-order valence-electron chi connectivity index (χ0n) is 14.8. The van der Waals surface area contributed by atoms with Gasteiger partial charge in [-0.3, -0.25) is 10.2 Å². The zero-order valence-corrected chi connectivity index (χ0v) is 15.6. The molecule has 1 amide bonds. The third kappa shape index (κ3) is 2.78. The van der Waals surface area contributed by atoms with Gasteiger partial charge in [0.05, 0.1) is 5.57 Å². The minimum atomic E-state index is -0.456. The first-order valence-corrected chi connectivity index (χ1v) is 9.37. The van der Waals surface area contributed by atoms with Crippen molar-refractivity contribution in [1.29, 1.82) is 5.41 Å². The summed E-state index contributed by atoms with van der Waals surface area (Å²) >= 11 is 1.29. The summed E-state index contributed by atoms with van der Waals surface area (Å²) in [5, 5.41) is 15.5. The monoisotopic (exact) mass is 390 g/mol. The van der Waals surface area contributed by atoms with Crippen LogP contribution in [0.5, 0.6) is 11.5 Å². The number of benzene rings is 2. The van der Waals surface area contributed by atoms with Crippen molar-refractivity contribution in [3.8, 4) is 11.5 Å². The molecule has 2 aromatic carbocycles. The maximum Gasteiger partial charge on any atom is 0.283 e. The van der Waals surface area contributed by atoms with Crippen molar-refractivity contribution in [1.82, 2.24) is 5.01 Å². The lowest BCUT2D eigenvalue weighted by atomic mass is 10.1. The molecule has 138 valence electrons. The van der Waals surface area contributed by atoms with Crippen LogP contribution in [0, 0.1) is 12.3 Å². The van der Waals surface area contributed by atoms with Crippen LogP contribution < -0.4 is 9.47 Å². The van der Waals surface area contributed by atoms with Gasteiger partial charge in [0.2, 0.25) is 12.0 Å². The Morgan fingerprint density at radius 3 is 2.89 bits per heavy atom. The summed E-state index contributed by atoms with van der Waals surface area (Å²) in [6.45, 7) is 2.19. The molecule has 28 heavy (non-hydrogen) atoms. The maximum absolute atomic E-state index is 12.5. The number of hydrazone groups is 1. The Labute approximate surface area is 164 Å². The summed E-state index contributed by atoms with van der Waals surface area (Å²) in [5.41, 5.74) is 2.95. The third-order valence-electron chi connectivity index (χ3n) is 4.43. The molecule has 1 N–H and O–H groups in total. The molecule has 0 aliphatic carbocycles. The molecule has 8 heteroatoms. The van der Waals surface area contributed by atoms with Crippen LogP contribution in [0.2, 0.25) is 0 Å². The molecule has 3 aliphatic heterocycles. The normalized spacial score (nSPS) is 19.0. The van der Waals surface area contributed by atoms with Crippen molar-refractivity contribution >= 4 is 39.8 Å². The number of nitrogens with zero attached hydrogens (tertiary/aromatic N) is 3. The number of carbonyl (C=O) groups excluding carboxylic acids is 1. The summed E-state index contributed by atoms with van der Waals surface area (Å²) in [6.07, 6.45) is 1.62. The van der Waals surface area contributed by atoms with Gasteiger partial charge in [0.25, 0.3) is 5.91 Å². The SMILES string of the molecule is Cc1cccc(C2=NN3C(=N)/C(=C\c4ccc5c(c4)OCO5)C(=O)N=C3S2)c1. The Hall–Kier alpha value is -3.39. The van der Waals surface area contributed by atoms with Crippen LogP contribution in [0.15, 0.2) is 58.1 Å². The van der Waals surface area contributed by atoms with Gasteiger partial charge >= 0.3 is 0 Å². The average molecular weight is 390 g/mol. The number of aliphatic imine (C=N–C) groups is 1. The Morgan fingerprint density at radius 2 is 2.04 bits per heavy atom. The molecule has 0 unspecified atom stereocenters. The molecule has 0 spiro atoms. The Kier molecular flexibility index (Phi) is 3.80. The lowest BCUT2D eigenvalue weighted by Gasteiger charge is -2.20. The number of nitrogens with one attached hydrogen (secondary N) is 1. The fourth-order valence-corrected chi connectivity index (χ4v) is 3.94. The molecule has 3 heterocycles. The van der Waals surface area contributed by atoms with Crippen molar-refractivity contribution in [2.45, 2.75) is 6.92 Å². The van der Waals surface area contributed by atoms with E-state index in [0.717, 1.165) is 16.7 Å². The van der Waals surface area contributed by atoms with E-state index in [1.807, 2.05) is 31.2 Å². The van der Waals surface area contributed by atoms with Crippen LogP contribution in [0.4, 0.5) is 0 Å². The number of ether oxygens (including phenoxy) is 2. The first kappa shape index (κ1) is 16.8. The van der Waals surface area contributed by atoms with Crippen molar-refractivity contribution in [2.75, 3.05) is 6.79 Å². The molecule has 0 atom stereocenters. The lowest BCUT2D eigenvalue weighted by Crippen LogP contribution is -2.35. The van der Waals surface area contributed by atoms with Crippen LogP contribution in [0.25, 0.3) is 6.08 Å². The Balaban J connectivity index is 1.49. The van der Waals surface area contributed by atoms with Crippen molar-refractivity contribution in [3.05, 3.63) is 64.7 Å². The van der Waals surface area contributed by atoms with Gasteiger partial charge in [-0.05, 0) is 48.5 Å². The van der Waals surface area contributed by atoms with Crippen LogP contribution in [0.3, 0.4) is 0 Å². The number of amidine groups is 2. The first-order chi connectivity index (χ1) is 13.6. The molecule has 0 fully saturated rings. The largest absolute Gasteiger partial charge is 0.454 e. The zero-order chi connectivity index (χ0) is 19.3. The number of fused-ring (bicyclic) bond motifs is 2. The second-order valence-corrected chi connectivity index (χ2v) is 7.36. The van der Waals surface area contributed by atoms with Gasteiger partial charge < -0.3 is 9.47 Å². The number of hydrogen-bond acceptors (Lipinski definition) is 6. The molecule has 0 radical (unpaired) electrons. The molecule has 3 aliphatic rings. The standard InChI is InChI=1S/C20H14N4O3S/c1-11-3-2-4-13(7-11)19-23-24-17(21)14(18(25)22-20(24)28-19)8-12-5-6-15-16(9-12)27-10-26-15/h2-9,21H,10H2,1H3/b14-8+,21-17?. The summed E-state index contributed by atoms with van der Waals surface area (Å²) in [7, 11) is 0. The quantitative estimate of drug-likeness (QED) is 0.794. The number of aryl methyl sites for hydroxylation is 1. The smallest absolute Gasteiger partial charge is 0.283 e. The molecule has 0 aromatic heterocycles. The minimum absolute atomic E-state index is 0.00261. The summed E-state index contributed by atoms with van der Waals surface area (Å²) in [6, 6.07) is 13.3. The summed E-state index contributed by atoms with van der Waals surface area (Å²) in [5.74, 6) is 0.825. The number of carbonyl (C=O) groups is 1. The molecule has 2 aromatic rings. The molecule has 5 rings (SSSR count). The van der Waals surface area contributed by atoms with Crippen molar-refractivity contribution in [2.24, 2.45) is 10.1 Å². The molecule has 0 saturated carbocycles. The lowest BCUT2D eigenvalue weighted by molar-refractivity contribution is -0.114. The van der Waals surface area contributed by atoms with E-state index in [1.165, 1.54) is 16.8 Å². The summed E-state index contributed by atoms with van der Waals surface area (Å²) in [4.78, 5) is 16.7. The predicted molar refractivity (Wildman–Crippen MR) is 108 cm³/mol. The molecular formula is C20H14N4O3S. The third-order valence-corrected chi connectivity index (χ3v) is 5.38. The van der Waals surface area contributed by atoms with Crippen LogP contribution in [-0.4, -0.2) is 33.8 Å². The Bertz CT molecular complexity index is 1140. The van der Waals surface area contributed by atoms with Gasteiger partial charge in [0.1, 0.15) is 5.04 Å². The van der Waals surface area contributed by atoms with Crippen LogP contribution in [0.1, 0.15) is 16.7 Å². The topological polar surface area (TPSA) is 87.3 Å². The van der Waals surface area contributed by atoms with Gasteiger partial charge in [-0.25, -0.2) is 0 Å². The predicted octanol–water partition coefficient (Wildman–Crippen LogP) is 3.39. The van der Waals surface area contributed by atoms with Gasteiger partial charge in [-0.15, -0.1) is 0 Å². The highest BCUT2D eigenvalue weighted by molar-refractivity contribution is 8.27. The highest BCUT2D eigenvalue weighted by atomic mass is 32.2. The number of hydrogen-bond donors (Lipinski definition) is 1. The van der Waals surface area contributed by atoms with Gasteiger partial charge in [-0.1, -0.05) is 29.8 Å². The van der Waals surface area contributed by atoms with E-state index < -0.39 is 5.91 Å². The number of amides is 1. The molecule has 7 nitrogen and oxygen atoms in total. The van der Waals surface area contributed by atoms with Crippen molar-refractivity contribution in [3.63, 3.8) is 0 Å². The number of rotatable bonds is 2. The van der Waals surface area contributed by atoms with E-state index >= 15 is 0 Å². The van der Waals surface area contributed by atoms with E-state index in [-0.39, 0.29) is 18.2 Å². The van der Waals surface area contributed by atoms with Crippen LogP contribution >= 0.6 is 11.8 Å². The van der Waals surface area contributed by atoms with Gasteiger partial charge in [-0.2, -0.15) is 15.1 Å². The van der Waals surface area contributed by atoms with E-state index in [9.17, 15) is 4.79 Å². The maximum atomic E-state index is 12.5. The van der Waals surface area contributed by atoms with Gasteiger partial charge in [0.15, 0.2) is 17.3 Å². The fourth-order valence-electron chi connectivity index (χ4n) is 3.06. The Morgan fingerprint density at radius 1 is 1.18 bits per heavy atom. The second kappa shape index (κ2) is 6.35. The van der Waals surface area contributed by atoms with E-state index in [1.54, 1.807) is 24.3 Å². The van der Waals surface area contributed by atoms with E-state index in [2.05, 4.69) is 10.1 Å². The molecule has 0 saturated heterocycles. The molecule has 0 bridgehead atoms. The molecular weight excluding hydrogens is 376 g/mol.